The van der Waals surface area contributed by atoms with Crippen molar-refractivity contribution in [2.75, 3.05) is 13.2 Å². The highest BCUT2D eigenvalue weighted by Gasteiger charge is 2.19. The molecule has 416 valence electrons. The van der Waals surface area contributed by atoms with Crippen molar-refractivity contribution in [2.24, 2.45) is 0 Å². The molecule has 0 aliphatic carbocycles. The van der Waals surface area contributed by atoms with Crippen molar-refractivity contribution >= 4 is 17.9 Å². The van der Waals surface area contributed by atoms with Crippen LogP contribution < -0.4 is 0 Å². The standard InChI is InChI=1S/C67H112O6/c1-4-7-10-13-16-19-22-25-28-30-32-33-35-36-39-42-45-48-51-54-57-60-66(69)72-63-64(62-71-65(68)59-56-53-50-47-44-41-38-27-24-21-18-15-12-9-6-3)73-67(70)61-58-55-52-49-46-43-40-37-34-31-29-26-23-20-17-14-11-8-5-2/h8-9,11-12,17-18,20-21,26-27,29,34,37-38,44,47,53,56,64H,4-7,10,13-16,19,22-25,28,30-33,35-36,39-43,45-46,48-52,54-55,57-63H2,1-3H3/b11-8-,12-9-,20-17-,21-18-,29-26-,37-34-,38-27-,47-44-,56-53-. The Morgan fingerprint density at radius 1 is 0.301 bits per heavy atom. The second-order valence-corrected chi connectivity index (χ2v) is 19.9. The number of carbonyl (C=O) groups excluding carboxylic acids is 3. The molecule has 0 aromatic heterocycles. The highest BCUT2D eigenvalue weighted by atomic mass is 16.6. The van der Waals surface area contributed by atoms with Gasteiger partial charge in [-0.2, -0.15) is 0 Å². The lowest BCUT2D eigenvalue weighted by atomic mass is 10.0. The molecule has 0 heterocycles. The summed E-state index contributed by atoms with van der Waals surface area (Å²) in [4.78, 5) is 38.2. The quantitative estimate of drug-likeness (QED) is 0.0261. The summed E-state index contributed by atoms with van der Waals surface area (Å²) in [5.41, 5.74) is 0. The van der Waals surface area contributed by atoms with Crippen LogP contribution in [0.3, 0.4) is 0 Å². The van der Waals surface area contributed by atoms with Crippen LogP contribution in [0.1, 0.15) is 278 Å². The van der Waals surface area contributed by atoms with Crippen LogP contribution in [0, 0.1) is 0 Å². The first-order chi connectivity index (χ1) is 36.0. The van der Waals surface area contributed by atoms with E-state index in [1.807, 2.05) is 6.08 Å². The lowest BCUT2D eigenvalue weighted by Crippen LogP contribution is -2.30. The minimum atomic E-state index is -0.827. The predicted molar refractivity (Wildman–Crippen MR) is 316 cm³/mol. The van der Waals surface area contributed by atoms with Crippen LogP contribution in [0.15, 0.2) is 109 Å². The lowest BCUT2D eigenvalue weighted by Gasteiger charge is -2.18. The molecule has 0 rings (SSSR count). The van der Waals surface area contributed by atoms with Crippen LogP contribution >= 0.6 is 0 Å². The highest BCUT2D eigenvalue weighted by Crippen LogP contribution is 2.16. The van der Waals surface area contributed by atoms with Gasteiger partial charge >= 0.3 is 17.9 Å². The van der Waals surface area contributed by atoms with Gasteiger partial charge in [0.1, 0.15) is 13.2 Å². The van der Waals surface area contributed by atoms with E-state index in [-0.39, 0.29) is 31.6 Å². The molecule has 73 heavy (non-hydrogen) atoms. The van der Waals surface area contributed by atoms with E-state index in [9.17, 15) is 14.4 Å². The van der Waals surface area contributed by atoms with E-state index in [4.69, 9.17) is 14.2 Å². The van der Waals surface area contributed by atoms with E-state index in [0.717, 1.165) is 109 Å². The van der Waals surface area contributed by atoms with Gasteiger partial charge in [-0.25, -0.2) is 0 Å². The van der Waals surface area contributed by atoms with Crippen LogP contribution in [0.4, 0.5) is 0 Å². The van der Waals surface area contributed by atoms with E-state index in [1.165, 1.54) is 128 Å². The second kappa shape index (κ2) is 60.6. The molecule has 0 saturated heterocycles. The van der Waals surface area contributed by atoms with Gasteiger partial charge in [-0.3, -0.25) is 14.4 Å². The average molecular weight is 1010 g/mol. The Labute approximate surface area is 450 Å². The lowest BCUT2D eigenvalue weighted by molar-refractivity contribution is -0.166. The first-order valence-electron chi connectivity index (χ1n) is 30.4. The van der Waals surface area contributed by atoms with Crippen molar-refractivity contribution in [3.63, 3.8) is 0 Å². The molecule has 1 unspecified atom stereocenters. The summed E-state index contributed by atoms with van der Waals surface area (Å²) in [5.74, 6) is -1.06. The molecule has 6 nitrogen and oxygen atoms in total. The van der Waals surface area contributed by atoms with Crippen molar-refractivity contribution in [3.05, 3.63) is 109 Å². The van der Waals surface area contributed by atoms with E-state index in [0.29, 0.717) is 12.8 Å². The van der Waals surface area contributed by atoms with Crippen molar-refractivity contribution in [1.82, 2.24) is 0 Å². The van der Waals surface area contributed by atoms with Gasteiger partial charge in [0.15, 0.2) is 6.10 Å². The van der Waals surface area contributed by atoms with Crippen LogP contribution in [-0.2, 0) is 28.6 Å². The number of unbranched alkanes of at least 4 members (excludes halogenated alkanes) is 26. The summed E-state index contributed by atoms with van der Waals surface area (Å²) in [6.07, 6.45) is 82.6. The van der Waals surface area contributed by atoms with Gasteiger partial charge in [0.2, 0.25) is 0 Å². The summed E-state index contributed by atoms with van der Waals surface area (Å²) >= 11 is 0. The van der Waals surface area contributed by atoms with E-state index in [2.05, 4.69) is 118 Å². The van der Waals surface area contributed by atoms with E-state index in [1.54, 1.807) is 6.08 Å². The van der Waals surface area contributed by atoms with Crippen molar-refractivity contribution in [3.8, 4) is 0 Å². The number of carbonyl (C=O) groups is 3. The minimum Gasteiger partial charge on any atom is -0.462 e. The first kappa shape index (κ1) is 69.1. The van der Waals surface area contributed by atoms with Crippen molar-refractivity contribution in [1.29, 1.82) is 0 Å². The van der Waals surface area contributed by atoms with Gasteiger partial charge in [-0.05, 0) is 83.5 Å². The summed E-state index contributed by atoms with van der Waals surface area (Å²) in [7, 11) is 0. The maximum Gasteiger partial charge on any atom is 0.309 e. The molecule has 0 saturated carbocycles. The molecule has 0 bridgehead atoms. The third-order valence-corrected chi connectivity index (χ3v) is 12.8. The number of hydrogen-bond acceptors (Lipinski definition) is 6. The summed E-state index contributed by atoms with van der Waals surface area (Å²) in [6, 6.07) is 0. The summed E-state index contributed by atoms with van der Waals surface area (Å²) in [6.45, 7) is 6.34. The average Bonchev–Trinajstić information content (AvgIpc) is 3.39. The van der Waals surface area contributed by atoms with Gasteiger partial charge < -0.3 is 14.2 Å². The molecular formula is C67H112O6. The Balaban J connectivity index is 4.46. The zero-order valence-corrected chi connectivity index (χ0v) is 47.6. The molecule has 0 N–H and O–H groups in total. The van der Waals surface area contributed by atoms with E-state index < -0.39 is 12.1 Å². The van der Waals surface area contributed by atoms with Crippen LogP contribution in [0.2, 0.25) is 0 Å². The molecule has 0 aliphatic heterocycles. The zero-order valence-electron chi connectivity index (χ0n) is 47.6. The predicted octanol–water partition coefficient (Wildman–Crippen LogP) is 20.7. The van der Waals surface area contributed by atoms with Gasteiger partial charge in [-0.15, -0.1) is 0 Å². The van der Waals surface area contributed by atoms with Gasteiger partial charge in [0.05, 0.1) is 6.42 Å². The fourth-order valence-corrected chi connectivity index (χ4v) is 8.33. The Morgan fingerprint density at radius 2 is 0.589 bits per heavy atom. The Kier molecular flexibility index (Phi) is 57.4. The number of esters is 3. The summed E-state index contributed by atoms with van der Waals surface area (Å²) < 4.78 is 16.8. The Bertz CT molecular complexity index is 1490. The topological polar surface area (TPSA) is 78.9 Å². The fraction of sp³-hybridized carbons (Fsp3) is 0.687. The SMILES string of the molecule is CC/C=C\C/C=C\C/C=C\C/C=C\C/C=C\CC(=O)OCC(COC(=O)CCCCCCCCCCCCCCCCCCCCCCC)OC(=O)CCCCCCCC/C=C\C/C=C\C/C=C\C/C=C\CC. The molecule has 0 aromatic carbocycles. The summed E-state index contributed by atoms with van der Waals surface area (Å²) in [5, 5.41) is 0. The largest absolute Gasteiger partial charge is 0.462 e. The fourth-order valence-electron chi connectivity index (χ4n) is 8.33. The maximum atomic E-state index is 12.9. The second-order valence-electron chi connectivity index (χ2n) is 19.9. The van der Waals surface area contributed by atoms with Crippen molar-refractivity contribution in [2.45, 2.75) is 284 Å². The van der Waals surface area contributed by atoms with Crippen LogP contribution in [0.25, 0.3) is 0 Å². The van der Waals surface area contributed by atoms with E-state index >= 15 is 0 Å². The van der Waals surface area contributed by atoms with Gasteiger partial charge in [-0.1, -0.05) is 284 Å². The molecule has 0 aliphatic rings. The first-order valence-corrected chi connectivity index (χ1v) is 30.4. The monoisotopic (exact) mass is 1010 g/mol. The molecule has 0 spiro atoms. The molecule has 0 radical (unpaired) electrons. The third kappa shape index (κ3) is 58.8. The normalized spacial score (nSPS) is 12.9. The minimum absolute atomic E-state index is 0.113. The van der Waals surface area contributed by atoms with Crippen LogP contribution in [0.5, 0.6) is 0 Å². The van der Waals surface area contributed by atoms with Gasteiger partial charge in [0, 0.05) is 12.8 Å². The molecule has 0 fully saturated rings. The van der Waals surface area contributed by atoms with Crippen LogP contribution in [-0.4, -0.2) is 37.2 Å². The molecule has 1 atom stereocenters. The Morgan fingerprint density at radius 3 is 0.959 bits per heavy atom. The zero-order chi connectivity index (χ0) is 52.9. The van der Waals surface area contributed by atoms with Crippen molar-refractivity contribution < 1.29 is 28.6 Å². The molecule has 0 amide bonds. The molecule has 0 aromatic rings. The maximum absolute atomic E-state index is 12.9. The molecule has 6 heteroatoms. The van der Waals surface area contributed by atoms with Gasteiger partial charge in [0.25, 0.3) is 0 Å². The third-order valence-electron chi connectivity index (χ3n) is 12.8. The number of hydrogen-bond donors (Lipinski definition) is 0. The number of allylic oxidation sites excluding steroid dienone is 17. The molecular weight excluding hydrogens is 901 g/mol. The Hall–Kier alpha value is -3.93. The number of rotatable bonds is 54. The smallest absolute Gasteiger partial charge is 0.309 e. The highest BCUT2D eigenvalue weighted by molar-refractivity contribution is 5.72. The number of ether oxygens (including phenoxy) is 3.